The molecule has 12 nitrogen and oxygen atoms in total. The molecule has 3 N–H and O–H groups in total. The van der Waals surface area contributed by atoms with E-state index in [-0.39, 0.29) is 60.5 Å². The summed E-state index contributed by atoms with van der Waals surface area (Å²) in [5, 5.41) is 8.33. The highest BCUT2D eigenvalue weighted by Crippen LogP contribution is 2.28. The minimum Gasteiger partial charge on any atom is -0.379 e. The van der Waals surface area contributed by atoms with Crippen molar-refractivity contribution in [3.05, 3.63) is 35.6 Å². The number of carbonyl (C=O) groups is 5. The van der Waals surface area contributed by atoms with Crippen molar-refractivity contribution in [3.63, 3.8) is 0 Å². The maximum Gasteiger partial charge on any atom is 0.242 e. The number of methoxy groups -OCH3 is 2. The molecule has 0 aromatic heterocycles. The summed E-state index contributed by atoms with van der Waals surface area (Å²) in [7, 11) is 6.36. The lowest BCUT2D eigenvalue weighted by atomic mass is 9.94. The number of nitrogens with one attached hydrogen (secondary N) is 3. The molecule has 0 radical (unpaired) electrons. The highest BCUT2D eigenvalue weighted by molar-refractivity contribution is 5.99. The van der Waals surface area contributed by atoms with Crippen LogP contribution in [-0.4, -0.2) is 117 Å². The van der Waals surface area contributed by atoms with Crippen molar-refractivity contribution in [2.45, 2.75) is 90.1 Å². The Kier molecular flexibility index (Phi) is 16.4. The summed E-state index contributed by atoms with van der Waals surface area (Å²) in [6.07, 6.45) is 1.47. The lowest BCUT2D eigenvalue weighted by molar-refractivity contribution is -0.144. The van der Waals surface area contributed by atoms with Crippen LogP contribution in [0.2, 0.25) is 0 Å². The third-order valence-electron chi connectivity index (χ3n) is 9.02. The standard InChI is InChI=1S/C34H54FN5O7/c1-9-11-25(39(6)30(43)20-38-34(45)31(36-5)21(2)3)28(46-7)18-29(42)40-17-10-12-26(40)32(47-8)22(4)33(44)37-19-27(41)23-13-15-24(35)16-14-23/h13-16,21-22,25-26,28,31-32,36H,9-12,17-20H2,1-8H3,(H,37,44)(H,38,45)/t22?,25-,26?,28?,31?,32?/m0/s1. The molecule has 1 saturated heterocycles. The Bertz CT molecular complexity index is 1200. The molecule has 0 aliphatic carbocycles. The van der Waals surface area contributed by atoms with Gasteiger partial charge in [-0.2, -0.15) is 0 Å². The Morgan fingerprint density at radius 2 is 1.64 bits per heavy atom. The Morgan fingerprint density at radius 3 is 2.19 bits per heavy atom. The van der Waals surface area contributed by atoms with Gasteiger partial charge in [0.1, 0.15) is 5.82 Å². The molecule has 264 valence electrons. The first-order valence-electron chi connectivity index (χ1n) is 16.4. The van der Waals surface area contributed by atoms with Crippen LogP contribution in [-0.2, 0) is 28.7 Å². The van der Waals surface area contributed by atoms with Crippen LogP contribution in [0.15, 0.2) is 24.3 Å². The average molecular weight is 664 g/mol. The minimum atomic E-state index is -0.678. The number of amides is 4. The van der Waals surface area contributed by atoms with Gasteiger partial charge in [-0.25, -0.2) is 4.39 Å². The molecular formula is C34H54FN5O7. The van der Waals surface area contributed by atoms with Crippen molar-refractivity contribution in [2.75, 3.05) is 47.9 Å². The number of ketones is 1. The fourth-order valence-corrected chi connectivity index (χ4v) is 6.29. The van der Waals surface area contributed by atoms with E-state index in [9.17, 15) is 28.4 Å². The molecule has 4 amide bonds. The van der Waals surface area contributed by atoms with E-state index in [4.69, 9.17) is 9.47 Å². The number of hydrogen-bond donors (Lipinski definition) is 3. The fraction of sp³-hybridized carbons (Fsp3) is 0.676. The van der Waals surface area contributed by atoms with Crippen LogP contribution in [0.1, 0.15) is 70.2 Å². The first kappa shape index (κ1) is 39.8. The van der Waals surface area contributed by atoms with Crippen molar-refractivity contribution in [3.8, 4) is 0 Å². The van der Waals surface area contributed by atoms with E-state index >= 15 is 0 Å². The predicted octanol–water partition coefficient (Wildman–Crippen LogP) is 2.16. The van der Waals surface area contributed by atoms with Crippen molar-refractivity contribution in [1.29, 1.82) is 0 Å². The van der Waals surface area contributed by atoms with Gasteiger partial charge in [0, 0.05) is 33.4 Å². The summed E-state index contributed by atoms with van der Waals surface area (Å²) in [4.78, 5) is 68.4. The summed E-state index contributed by atoms with van der Waals surface area (Å²) in [5.74, 6) is -2.56. The van der Waals surface area contributed by atoms with Crippen molar-refractivity contribution >= 4 is 29.4 Å². The second kappa shape index (κ2) is 19.4. The maximum absolute atomic E-state index is 13.8. The quantitative estimate of drug-likeness (QED) is 0.191. The summed E-state index contributed by atoms with van der Waals surface area (Å²) in [6, 6.07) is 3.89. The molecule has 47 heavy (non-hydrogen) atoms. The fourth-order valence-electron chi connectivity index (χ4n) is 6.29. The molecule has 0 spiro atoms. The number of benzene rings is 1. The van der Waals surface area contributed by atoms with Crippen molar-refractivity contribution in [1.82, 2.24) is 25.8 Å². The van der Waals surface area contributed by atoms with Gasteiger partial charge in [0.15, 0.2) is 5.78 Å². The normalized spacial score (nSPS) is 17.8. The molecule has 1 aromatic carbocycles. The van der Waals surface area contributed by atoms with E-state index in [1.54, 1.807) is 30.8 Å². The summed E-state index contributed by atoms with van der Waals surface area (Å²) in [6.45, 7) is 7.57. The highest BCUT2D eigenvalue weighted by atomic mass is 19.1. The van der Waals surface area contributed by atoms with Gasteiger partial charge in [0.2, 0.25) is 23.6 Å². The third kappa shape index (κ3) is 11.1. The predicted molar refractivity (Wildman–Crippen MR) is 176 cm³/mol. The van der Waals surface area contributed by atoms with Crippen LogP contribution in [0, 0.1) is 17.7 Å². The second-order valence-electron chi connectivity index (χ2n) is 12.5. The molecule has 6 atom stereocenters. The van der Waals surface area contributed by atoms with Gasteiger partial charge in [-0.15, -0.1) is 0 Å². The molecule has 1 aliphatic heterocycles. The number of rotatable bonds is 19. The molecule has 0 bridgehead atoms. The van der Waals surface area contributed by atoms with E-state index in [1.165, 1.54) is 38.5 Å². The SMILES string of the molecule is CCC[C@@H](C(CC(=O)N1CCCC1C(OC)C(C)C(=O)NCC(=O)c1ccc(F)cc1)OC)N(C)C(=O)CNC(=O)C(NC)C(C)C. The van der Waals surface area contributed by atoms with Crippen LogP contribution >= 0.6 is 0 Å². The van der Waals surface area contributed by atoms with Crippen LogP contribution in [0.25, 0.3) is 0 Å². The Hall–Kier alpha value is -3.42. The summed E-state index contributed by atoms with van der Waals surface area (Å²) >= 11 is 0. The Labute approximate surface area is 278 Å². The summed E-state index contributed by atoms with van der Waals surface area (Å²) in [5.41, 5.74) is 0.287. The molecule has 1 aliphatic rings. The zero-order chi connectivity index (χ0) is 35.3. The van der Waals surface area contributed by atoms with Crippen LogP contribution < -0.4 is 16.0 Å². The maximum atomic E-state index is 13.8. The van der Waals surface area contributed by atoms with Gasteiger partial charge in [0.05, 0.1) is 55.8 Å². The zero-order valence-electron chi connectivity index (χ0n) is 29.1. The van der Waals surface area contributed by atoms with Crippen LogP contribution in [0.4, 0.5) is 4.39 Å². The molecular weight excluding hydrogens is 609 g/mol. The van der Waals surface area contributed by atoms with Gasteiger partial charge in [-0.1, -0.05) is 34.1 Å². The summed E-state index contributed by atoms with van der Waals surface area (Å²) < 4.78 is 24.8. The van der Waals surface area contributed by atoms with E-state index in [0.717, 1.165) is 12.8 Å². The zero-order valence-corrected chi connectivity index (χ0v) is 29.1. The number of likely N-dealkylation sites (tertiary alicyclic amines) is 1. The van der Waals surface area contributed by atoms with E-state index in [1.807, 2.05) is 20.8 Å². The number of Topliss-reactive ketones (excluding diaryl/α,β-unsaturated/α-hetero) is 1. The molecule has 0 saturated carbocycles. The largest absolute Gasteiger partial charge is 0.379 e. The second-order valence-corrected chi connectivity index (χ2v) is 12.5. The lowest BCUT2D eigenvalue weighted by Gasteiger charge is -2.37. The Balaban J connectivity index is 2.07. The molecule has 5 unspecified atom stereocenters. The molecule has 1 aromatic rings. The number of hydrogen-bond acceptors (Lipinski definition) is 8. The smallest absolute Gasteiger partial charge is 0.242 e. The topological polar surface area (TPSA) is 146 Å². The first-order valence-corrected chi connectivity index (χ1v) is 16.4. The van der Waals surface area contributed by atoms with Crippen LogP contribution in [0.5, 0.6) is 0 Å². The monoisotopic (exact) mass is 663 g/mol. The van der Waals surface area contributed by atoms with Gasteiger partial charge in [0.25, 0.3) is 0 Å². The Morgan fingerprint density at radius 1 is 1.00 bits per heavy atom. The number of halogens is 1. The average Bonchev–Trinajstić information content (AvgIpc) is 3.54. The van der Waals surface area contributed by atoms with Gasteiger partial charge in [-0.05, 0) is 56.5 Å². The van der Waals surface area contributed by atoms with Crippen molar-refractivity contribution < 1.29 is 37.8 Å². The molecule has 1 fully saturated rings. The number of nitrogens with zero attached hydrogens (tertiary/aromatic N) is 2. The number of likely N-dealkylation sites (N-methyl/N-ethyl adjacent to an activating group) is 2. The molecule has 2 rings (SSSR count). The number of carbonyl (C=O) groups excluding carboxylic acids is 5. The molecule has 1 heterocycles. The molecule has 13 heteroatoms. The van der Waals surface area contributed by atoms with E-state index < -0.39 is 41.9 Å². The first-order chi connectivity index (χ1) is 22.3. The van der Waals surface area contributed by atoms with Gasteiger partial charge >= 0.3 is 0 Å². The van der Waals surface area contributed by atoms with E-state index in [2.05, 4.69) is 16.0 Å². The van der Waals surface area contributed by atoms with Crippen molar-refractivity contribution in [2.24, 2.45) is 11.8 Å². The van der Waals surface area contributed by atoms with E-state index in [0.29, 0.717) is 19.4 Å². The van der Waals surface area contributed by atoms with Crippen LogP contribution in [0.3, 0.4) is 0 Å². The lowest BCUT2D eigenvalue weighted by Crippen LogP contribution is -2.53. The minimum absolute atomic E-state index is 0.0139. The van der Waals surface area contributed by atoms with Gasteiger partial charge in [-0.3, -0.25) is 24.0 Å². The third-order valence-corrected chi connectivity index (χ3v) is 9.02. The highest BCUT2D eigenvalue weighted by Gasteiger charge is 2.41. The number of ether oxygens (including phenoxy) is 2. The van der Waals surface area contributed by atoms with Gasteiger partial charge < -0.3 is 35.2 Å².